The summed E-state index contributed by atoms with van der Waals surface area (Å²) in [5.74, 6) is -0.0672. The van der Waals surface area contributed by atoms with Gasteiger partial charge in [0.05, 0.1) is 5.01 Å². The minimum Gasteiger partial charge on any atom is -0.480 e. The average Bonchev–Trinajstić information content (AvgIpc) is 3.01. The maximum Gasteiger partial charge on any atom is 0.320 e. The summed E-state index contributed by atoms with van der Waals surface area (Å²) in [5, 5.41) is 10.3. The van der Waals surface area contributed by atoms with Gasteiger partial charge in [-0.2, -0.15) is 0 Å². The number of hydrogen-bond acceptors (Lipinski definition) is 4. The summed E-state index contributed by atoms with van der Waals surface area (Å²) in [6.07, 6.45) is 5.04. The van der Waals surface area contributed by atoms with Crippen molar-refractivity contribution in [2.45, 2.75) is 44.7 Å². The van der Waals surface area contributed by atoms with Crippen LogP contribution in [0.15, 0.2) is 6.20 Å². The molecule has 1 fully saturated rings. The molecule has 2 rings (SSSR count). The number of aliphatic carboxylic acids is 1. The highest BCUT2D eigenvalue weighted by Crippen LogP contribution is 2.41. The summed E-state index contributed by atoms with van der Waals surface area (Å²) >= 11 is 1.73. The monoisotopic (exact) mass is 254 g/mol. The molecule has 0 aliphatic heterocycles. The molecule has 0 aromatic carbocycles. The molecule has 0 bridgehead atoms. The molecule has 5 heteroatoms. The van der Waals surface area contributed by atoms with E-state index in [1.165, 1.54) is 17.8 Å². The molecule has 0 spiro atoms. The van der Waals surface area contributed by atoms with Crippen molar-refractivity contribution in [1.82, 2.24) is 9.88 Å². The van der Waals surface area contributed by atoms with E-state index in [2.05, 4.69) is 4.98 Å². The SMILES string of the molecule is CC[C@@H](C(=O)O)N(C)Cc1cnc(C2CC2)s1. The van der Waals surface area contributed by atoms with E-state index in [9.17, 15) is 4.79 Å². The predicted octanol–water partition coefficient (Wildman–Crippen LogP) is 2.32. The second-order valence-corrected chi connectivity index (χ2v) is 5.76. The number of thiazole rings is 1. The molecule has 1 atom stereocenters. The van der Waals surface area contributed by atoms with Crippen LogP contribution >= 0.6 is 11.3 Å². The van der Waals surface area contributed by atoms with Gasteiger partial charge in [-0.05, 0) is 26.3 Å². The van der Waals surface area contributed by atoms with Crippen LogP contribution < -0.4 is 0 Å². The number of hydrogen-bond donors (Lipinski definition) is 1. The van der Waals surface area contributed by atoms with Gasteiger partial charge < -0.3 is 5.11 Å². The zero-order valence-corrected chi connectivity index (χ0v) is 11.0. The minimum absolute atomic E-state index is 0.401. The fourth-order valence-electron chi connectivity index (χ4n) is 1.95. The molecular formula is C12H18N2O2S. The van der Waals surface area contributed by atoms with E-state index in [1.54, 1.807) is 11.3 Å². The van der Waals surface area contributed by atoms with Gasteiger partial charge in [-0.1, -0.05) is 6.92 Å². The van der Waals surface area contributed by atoms with Gasteiger partial charge >= 0.3 is 5.97 Å². The Labute approximate surface area is 105 Å². The van der Waals surface area contributed by atoms with Gasteiger partial charge in [0.25, 0.3) is 0 Å². The Hall–Kier alpha value is -0.940. The third-order valence-electron chi connectivity index (χ3n) is 3.11. The topological polar surface area (TPSA) is 53.4 Å². The Bertz CT molecular complexity index is 401. The Kier molecular flexibility index (Phi) is 3.79. The average molecular weight is 254 g/mol. The maximum atomic E-state index is 11.0. The Morgan fingerprint density at radius 1 is 1.71 bits per heavy atom. The van der Waals surface area contributed by atoms with Crippen molar-refractivity contribution in [2.24, 2.45) is 0 Å². The third-order valence-corrected chi connectivity index (χ3v) is 4.25. The van der Waals surface area contributed by atoms with Gasteiger partial charge in [-0.3, -0.25) is 9.69 Å². The summed E-state index contributed by atoms with van der Waals surface area (Å²) < 4.78 is 0. The number of carboxylic acid groups (broad SMARTS) is 1. The van der Waals surface area contributed by atoms with Crippen molar-refractivity contribution in [3.63, 3.8) is 0 Å². The maximum absolute atomic E-state index is 11.0. The molecule has 1 aliphatic rings. The van der Waals surface area contributed by atoms with Crippen LogP contribution in [0.3, 0.4) is 0 Å². The molecule has 94 valence electrons. The van der Waals surface area contributed by atoms with Gasteiger partial charge in [0.2, 0.25) is 0 Å². The second kappa shape index (κ2) is 5.14. The first-order valence-electron chi connectivity index (χ1n) is 5.99. The number of rotatable bonds is 6. The number of nitrogens with zero attached hydrogens (tertiary/aromatic N) is 2. The van der Waals surface area contributed by atoms with Crippen molar-refractivity contribution >= 4 is 17.3 Å². The smallest absolute Gasteiger partial charge is 0.320 e. The lowest BCUT2D eigenvalue weighted by atomic mass is 10.2. The molecule has 17 heavy (non-hydrogen) atoms. The molecule has 1 N–H and O–H groups in total. The zero-order valence-electron chi connectivity index (χ0n) is 10.2. The van der Waals surface area contributed by atoms with Crippen LogP contribution in [0, 0.1) is 0 Å². The third kappa shape index (κ3) is 3.04. The molecular weight excluding hydrogens is 236 g/mol. The lowest BCUT2D eigenvalue weighted by Gasteiger charge is -2.22. The highest BCUT2D eigenvalue weighted by atomic mass is 32.1. The first-order valence-corrected chi connectivity index (χ1v) is 6.81. The van der Waals surface area contributed by atoms with Crippen LogP contribution in [-0.4, -0.2) is 34.0 Å². The van der Waals surface area contributed by atoms with Crippen molar-refractivity contribution in [3.8, 4) is 0 Å². The molecule has 0 unspecified atom stereocenters. The fourth-order valence-corrected chi connectivity index (χ4v) is 3.10. The largest absolute Gasteiger partial charge is 0.480 e. The van der Waals surface area contributed by atoms with Crippen LogP contribution in [0.1, 0.15) is 42.0 Å². The number of aromatic nitrogens is 1. The summed E-state index contributed by atoms with van der Waals surface area (Å²) in [7, 11) is 1.86. The van der Waals surface area contributed by atoms with Gasteiger partial charge in [-0.15, -0.1) is 11.3 Å². The molecule has 4 nitrogen and oxygen atoms in total. The van der Waals surface area contributed by atoms with Crippen molar-refractivity contribution < 1.29 is 9.90 Å². The molecule has 1 heterocycles. The minimum atomic E-state index is -0.748. The normalized spacial score (nSPS) is 17.4. The quantitative estimate of drug-likeness (QED) is 0.846. The van der Waals surface area contributed by atoms with E-state index in [4.69, 9.17) is 5.11 Å². The summed E-state index contributed by atoms with van der Waals surface area (Å²) in [4.78, 5) is 18.5. The fraction of sp³-hybridized carbons (Fsp3) is 0.667. The van der Waals surface area contributed by atoms with Crippen LogP contribution in [0.2, 0.25) is 0 Å². The van der Waals surface area contributed by atoms with Gasteiger partial charge in [0.1, 0.15) is 6.04 Å². The van der Waals surface area contributed by atoms with Gasteiger partial charge in [0.15, 0.2) is 0 Å². The van der Waals surface area contributed by atoms with E-state index in [1.807, 2.05) is 25.1 Å². The molecule has 0 saturated heterocycles. The molecule has 1 aliphatic carbocycles. The van der Waals surface area contributed by atoms with E-state index in [0.717, 1.165) is 4.88 Å². The summed E-state index contributed by atoms with van der Waals surface area (Å²) in [6.45, 7) is 2.58. The van der Waals surface area contributed by atoms with Crippen molar-refractivity contribution in [2.75, 3.05) is 7.05 Å². The van der Waals surface area contributed by atoms with E-state index in [0.29, 0.717) is 18.9 Å². The second-order valence-electron chi connectivity index (χ2n) is 4.62. The van der Waals surface area contributed by atoms with Crippen molar-refractivity contribution in [3.05, 3.63) is 16.1 Å². The number of likely N-dealkylation sites (N-methyl/N-ethyl adjacent to an activating group) is 1. The Balaban J connectivity index is 1.96. The highest BCUT2D eigenvalue weighted by molar-refractivity contribution is 7.11. The van der Waals surface area contributed by atoms with Crippen LogP contribution in [0.5, 0.6) is 0 Å². The number of carbonyl (C=O) groups is 1. The number of carboxylic acids is 1. The Morgan fingerprint density at radius 3 is 2.94 bits per heavy atom. The first kappa shape index (κ1) is 12.5. The van der Waals surface area contributed by atoms with E-state index in [-0.39, 0.29) is 0 Å². The van der Waals surface area contributed by atoms with Crippen molar-refractivity contribution in [1.29, 1.82) is 0 Å². The lowest BCUT2D eigenvalue weighted by molar-refractivity contribution is -0.143. The van der Waals surface area contributed by atoms with Crippen LogP contribution in [0.25, 0.3) is 0 Å². The molecule has 1 aromatic rings. The lowest BCUT2D eigenvalue weighted by Crippen LogP contribution is -2.37. The molecule has 1 saturated carbocycles. The standard InChI is InChI=1S/C12H18N2O2S/c1-3-10(12(15)16)14(2)7-9-6-13-11(17-9)8-4-5-8/h6,8,10H,3-5,7H2,1-2H3,(H,15,16)/t10-/m0/s1. The summed E-state index contributed by atoms with van der Waals surface area (Å²) in [5.41, 5.74) is 0. The zero-order chi connectivity index (χ0) is 12.4. The van der Waals surface area contributed by atoms with Crippen LogP contribution in [-0.2, 0) is 11.3 Å². The molecule has 1 aromatic heterocycles. The Morgan fingerprint density at radius 2 is 2.41 bits per heavy atom. The van der Waals surface area contributed by atoms with Gasteiger partial charge in [-0.25, -0.2) is 4.98 Å². The van der Waals surface area contributed by atoms with E-state index >= 15 is 0 Å². The predicted molar refractivity (Wildman–Crippen MR) is 67.3 cm³/mol. The van der Waals surface area contributed by atoms with E-state index < -0.39 is 12.0 Å². The van der Waals surface area contributed by atoms with Crippen LogP contribution in [0.4, 0.5) is 0 Å². The first-order chi connectivity index (χ1) is 8.11. The molecule has 0 amide bonds. The molecule has 0 radical (unpaired) electrons. The highest BCUT2D eigenvalue weighted by Gasteiger charge is 2.27. The summed E-state index contributed by atoms with van der Waals surface area (Å²) in [6, 6.07) is -0.401. The van der Waals surface area contributed by atoms with Gasteiger partial charge in [0, 0.05) is 23.5 Å².